The Morgan fingerprint density at radius 2 is 1.50 bits per heavy atom. The van der Waals surface area contributed by atoms with Crippen LogP contribution in [-0.2, 0) is 14.4 Å². The monoisotopic (exact) mass is 315 g/mol. The Morgan fingerprint density at radius 1 is 0.955 bits per heavy atom. The summed E-state index contributed by atoms with van der Waals surface area (Å²) >= 11 is 0. The average molecular weight is 315 g/mol. The van der Waals surface area contributed by atoms with E-state index >= 15 is 0 Å². The van der Waals surface area contributed by atoms with Crippen LogP contribution in [0.1, 0.15) is 71.1 Å². The molecule has 1 unspecified atom stereocenters. The largest absolute Gasteiger partial charge is 0.480 e. The highest BCUT2D eigenvalue weighted by Crippen LogP contribution is 2.09. The van der Waals surface area contributed by atoms with Crippen molar-refractivity contribution in [2.75, 3.05) is 6.61 Å². The van der Waals surface area contributed by atoms with Crippen LogP contribution in [0.4, 0.5) is 0 Å². The van der Waals surface area contributed by atoms with Crippen molar-refractivity contribution in [1.29, 1.82) is 0 Å². The molecule has 0 heterocycles. The number of aliphatic hydroxyl groups is 1. The number of hydrogen-bond donors (Lipinski definition) is 3. The van der Waals surface area contributed by atoms with E-state index in [0.717, 1.165) is 19.3 Å². The van der Waals surface area contributed by atoms with Crippen LogP contribution in [-0.4, -0.2) is 40.5 Å². The average Bonchev–Trinajstić information content (AvgIpc) is 2.49. The van der Waals surface area contributed by atoms with Gasteiger partial charge in [0.1, 0.15) is 6.04 Å². The molecule has 1 atom stereocenters. The molecule has 0 radical (unpaired) electrons. The van der Waals surface area contributed by atoms with E-state index in [9.17, 15) is 14.4 Å². The Morgan fingerprint density at radius 3 is 2.00 bits per heavy atom. The number of rotatable bonds is 14. The van der Waals surface area contributed by atoms with Gasteiger partial charge < -0.3 is 15.5 Å². The van der Waals surface area contributed by atoms with Crippen LogP contribution >= 0.6 is 0 Å². The maximum atomic E-state index is 11.6. The molecule has 3 N–H and O–H groups in total. The molecule has 0 rings (SSSR count). The molecular formula is C16H29NO5. The van der Waals surface area contributed by atoms with Crippen LogP contribution in [0.25, 0.3) is 0 Å². The van der Waals surface area contributed by atoms with Gasteiger partial charge in [0.2, 0.25) is 5.78 Å². The summed E-state index contributed by atoms with van der Waals surface area (Å²) in [5, 5.41) is 19.7. The molecule has 0 saturated carbocycles. The topological polar surface area (TPSA) is 104 Å². The smallest absolute Gasteiger partial charge is 0.326 e. The van der Waals surface area contributed by atoms with Gasteiger partial charge in [-0.15, -0.1) is 0 Å². The van der Waals surface area contributed by atoms with Crippen LogP contribution < -0.4 is 5.32 Å². The third kappa shape index (κ3) is 10.3. The Labute approximate surface area is 132 Å². The van der Waals surface area contributed by atoms with Crippen molar-refractivity contribution in [2.45, 2.75) is 77.2 Å². The summed E-state index contributed by atoms with van der Waals surface area (Å²) in [4.78, 5) is 34.0. The molecule has 0 saturated heterocycles. The number of carbonyl (C=O) groups excluding carboxylic acids is 2. The standard InChI is InChI=1S/C16H29NO5/c1-2-3-4-5-6-7-8-9-10-14(19)15(20)17-13(11-12-18)16(21)22/h13,18H,2-12H2,1H3,(H,17,20)(H,21,22). The van der Waals surface area contributed by atoms with Crippen LogP contribution in [0, 0.1) is 0 Å². The molecule has 0 aliphatic rings. The second-order valence-corrected chi connectivity index (χ2v) is 5.52. The van der Waals surface area contributed by atoms with Crippen molar-refractivity contribution in [2.24, 2.45) is 0 Å². The van der Waals surface area contributed by atoms with Crippen molar-refractivity contribution in [3.05, 3.63) is 0 Å². The van der Waals surface area contributed by atoms with Gasteiger partial charge in [-0.1, -0.05) is 51.9 Å². The van der Waals surface area contributed by atoms with Crippen molar-refractivity contribution >= 4 is 17.7 Å². The van der Waals surface area contributed by atoms with Gasteiger partial charge in [0.15, 0.2) is 0 Å². The fourth-order valence-corrected chi connectivity index (χ4v) is 2.16. The molecular weight excluding hydrogens is 286 g/mol. The molecule has 0 aromatic carbocycles. The van der Waals surface area contributed by atoms with E-state index in [1.807, 2.05) is 0 Å². The summed E-state index contributed by atoms with van der Waals surface area (Å²) in [5.41, 5.74) is 0. The van der Waals surface area contributed by atoms with E-state index in [1.165, 1.54) is 25.7 Å². The van der Waals surface area contributed by atoms with Gasteiger partial charge >= 0.3 is 5.97 Å². The van der Waals surface area contributed by atoms with E-state index in [0.29, 0.717) is 6.42 Å². The van der Waals surface area contributed by atoms with E-state index in [4.69, 9.17) is 10.2 Å². The predicted octanol–water partition coefficient (Wildman–Crippen LogP) is 2.04. The maximum Gasteiger partial charge on any atom is 0.326 e. The molecule has 22 heavy (non-hydrogen) atoms. The molecule has 6 heteroatoms. The quantitative estimate of drug-likeness (QED) is 0.336. The number of hydrogen-bond acceptors (Lipinski definition) is 4. The lowest BCUT2D eigenvalue weighted by molar-refractivity contribution is -0.144. The van der Waals surface area contributed by atoms with Gasteiger partial charge in [0, 0.05) is 19.4 Å². The van der Waals surface area contributed by atoms with Gasteiger partial charge in [-0.05, 0) is 6.42 Å². The van der Waals surface area contributed by atoms with E-state index < -0.39 is 23.7 Å². The van der Waals surface area contributed by atoms with E-state index in [1.54, 1.807) is 0 Å². The minimum atomic E-state index is -1.25. The highest BCUT2D eigenvalue weighted by Gasteiger charge is 2.22. The first-order chi connectivity index (χ1) is 10.5. The van der Waals surface area contributed by atoms with Crippen LogP contribution in [0.2, 0.25) is 0 Å². The molecule has 0 aromatic heterocycles. The molecule has 0 spiro atoms. The summed E-state index contributed by atoms with van der Waals surface area (Å²) in [5.74, 6) is -2.71. The lowest BCUT2D eigenvalue weighted by atomic mass is 10.1. The first kappa shape index (κ1) is 20.6. The summed E-state index contributed by atoms with van der Waals surface area (Å²) in [6.07, 6.45) is 8.75. The third-order valence-electron chi connectivity index (χ3n) is 3.53. The normalized spacial score (nSPS) is 11.9. The maximum absolute atomic E-state index is 11.6. The molecule has 0 aromatic rings. The van der Waals surface area contributed by atoms with Gasteiger partial charge in [-0.2, -0.15) is 0 Å². The number of nitrogens with one attached hydrogen (secondary N) is 1. The van der Waals surface area contributed by atoms with Gasteiger partial charge in [0.25, 0.3) is 5.91 Å². The summed E-state index contributed by atoms with van der Waals surface area (Å²) in [6, 6.07) is -1.21. The molecule has 0 bridgehead atoms. The first-order valence-corrected chi connectivity index (χ1v) is 8.20. The van der Waals surface area contributed by atoms with Gasteiger partial charge in [-0.25, -0.2) is 4.79 Å². The molecule has 0 fully saturated rings. The number of Topliss-reactive ketones (excluding diaryl/α,β-unsaturated/α-hetero) is 1. The highest BCUT2D eigenvalue weighted by molar-refractivity contribution is 6.36. The number of ketones is 1. The Balaban J connectivity index is 3.78. The Bertz CT molecular complexity index is 343. The lowest BCUT2D eigenvalue weighted by Crippen LogP contribution is -2.44. The minimum absolute atomic E-state index is 0.105. The SMILES string of the molecule is CCCCCCCCCCC(=O)C(=O)NC(CCO)C(=O)O. The zero-order chi connectivity index (χ0) is 16.8. The van der Waals surface area contributed by atoms with Crippen molar-refractivity contribution < 1.29 is 24.6 Å². The molecule has 0 aliphatic heterocycles. The van der Waals surface area contributed by atoms with Gasteiger partial charge in [0.05, 0.1) is 0 Å². The summed E-state index contributed by atoms with van der Waals surface area (Å²) in [6.45, 7) is 1.82. The number of carboxylic acid groups (broad SMARTS) is 1. The number of unbranched alkanes of at least 4 members (excludes halogenated alkanes) is 7. The van der Waals surface area contributed by atoms with Crippen molar-refractivity contribution in [3.63, 3.8) is 0 Å². The third-order valence-corrected chi connectivity index (χ3v) is 3.53. The lowest BCUT2D eigenvalue weighted by Gasteiger charge is -2.12. The van der Waals surface area contributed by atoms with E-state index in [-0.39, 0.29) is 19.4 Å². The molecule has 0 aliphatic carbocycles. The Hall–Kier alpha value is -1.43. The number of carboxylic acids is 1. The zero-order valence-electron chi connectivity index (χ0n) is 13.5. The fraction of sp³-hybridized carbons (Fsp3) is 0.812. The second-order valence-electron chi connectivity index (χ2n) is 5.52. The second kappa shape index (κ2) is 13.2. The highest BCUT2D eigenvalue weighted by atomic mass is 16.4. The summed E-state index contributed by atoms with van der Waals surface area (Å²) in [7, 11) is 0. The molecule has 1 amide bonds. The molecule has 6 nitrogen and oxygen atoms in total. The number of aliphatic hydroxyl groups excluding tert-OH is 1. The van der Waals surface area contributed by atoms with Crippen LogP contribution in [0.3, 0.4) is 0 Å². The fourth-order valence-electron chi connectivity index (χ4n) is 2.16. The van der Waals surface area contributed by atoms with E-state index in [2.05, 4.69) is 12.2 Å². The van der Waals surface area contributed by atoms with Crippen LogP contribution in [0.15, 0.2) is 0 Å². The van der Waals surface area contributed by atoms with Crippen molar-refractivity contribution in [1.82, 2.24) is 5.32 Å². The first-order valence-electron chi connectivity index (χ1n) is 8.20. The predicted molar refractivity (Wildman–Crippen MR) is 83.5 cm³/mol. The number of aliphatic carboxylic acids is 1. The van der Waals surface area contributed by atoms with Crippen molar-refractivity contribution in [3.8, 4) is 0 Å². The number of amides is 1. The molecule has 128 valence electrons. The van der Waals surface area contributed by atoms with Gasteiger partial charge in [-0.3, -0.25) is 9.59 Å². The van der Waals surface area contributed by atoms with Crippen LogP contribution in [0.5, 0.6) is 0 Å². The summed E-state index contributed by atoms with van der Waals surface area (Å²) < 4.78 is 0. The number of carbonyl (C=O) groups is 3. The Kier molecular flexibility index (Phi) is 12.4. The zero-order valence-corrected chi connectivity index (χ0v) is 13.5. The minimum Gasteiger partial charge on any atom is -0.480 e.